The second kappa shape index (κ2) is 4.63. The molecule has 2 aromatic carbocycles. The molecule has 0 heterocycles. The molecule has 2 aromatic rings. The van der Waals surface area contributed by atoms with Gasteiger partial charge in [0.15, 0.2) is 11.5 Å². The number of para-hydroxylation sites is 1. The molecule has 0 saturated carbocycles. The van der Waals surface area contributed by atoms with Crippen molar-refractivity contribution in [1.29, 1.82) is 0 Å². The van der Waals surface area contributed by atoms with E-state index in [0.29, 0.717) is 16.8 Å². The van der Waals surface area contributed by atoms with Crippen LogP contribution in [0.1, 0.15) is 21.5 Å². The molecule has 0 spiro atoms. The van der Waals surface area contributed by atoms with Gasteiger partial charge < -0.3 is 0 Å². The Morgan fingerprint density at radius 1 is 1.06 bits per heavy atom. The summed E-state index contributed by atoms with van der Waals surface area (Å²) < 4.78 is 0. The van der Waals surface area contributed by atoms with E-state index >= 15 is 0 Å². The molecular formula is C15H11NO. The molecule has 0 radical (unpaired) electrons. The third-order valence-corrected chi connectivity index (χ3v) is 2.58. The predicted octanol–water partition coefficient (Wildman–Crippen LogP) is 3.78. The van der Waals surface area contributed by atoms with Gasteiger partial charge in [-0.15, -0.1) is 0 Å². The predicted molar refractivity (Wildman–Crippen MR) is 67.3 cm³/mol. The molecule has 82 valence electrons. The minimum atomic E-state index is -0.100. The molecule has 0 bridgehead atoms. The molecule has 0 aliphatic rings. The number of hydrogen-bond donors (Lipinski definition) is 0. The molecule has 0 N–H and O–H groups in total. The van der Waals surface area contributed by atoms with Gasteiger partial charge in [-0.2, -0.15) is 0 Å². The second-order valence-corrected chi connectivity index (χ2v) is 3.82. The summed E-state index contributed by atoms with van der Waals surface area (Å²) in [6, 6.07) is 14.3. The van der Waals surface area contributed by atoms with Gasteiger partial charge in [-0.1, -0.05) is 54.1 Å². The molecule has 2 nitrogen and oxygen atoms in total. The molecule has 0 atom stereocenters. The Kier molecular flexibility index (Phi) is 3.02. The number of rotatable bonds is 2. The molecule has 17 heavy (non-hydrogen) atoms. The number of hydrogen-bond acceptors (Lipinski definition) is 1. The van der Waals surface area contributed by atoms with Gasteiger partial charge in [0.2, 0.25) is 0 Å². The van der Waals surface area contributed by atoms with Crippen LogP contribution in [0.5, 0.6) is 0 Å². The Morgan fingerprint density at radius 2 is 1.71 bits per heavy atom. The van der Waals surface area contributed by atoms with E-state index in [-0.39, 0.29) is 5.78 Å². The maximum absolute atomic E-state index is 12.2. The van der Waals surface area contributed by atoms with Crippen LogP contribution in [0.3, 0.4) is 0 Å². The summed E-state index contributed by atoms with van der Waals surface area (Å²) in [4.78, 5) is 15.6. The Labute approximate surface area is 100 Å². The fraction of sp³-hybridized carbons (Fsp3) is 0.0667. The van der Waals surface area contributed by atoms with Crippen LogP contribution in [-0.2, 0) is 0 Å². The number of aryl methyl sites for hydroxylation is 1. The fourth-order valence-electron chi connectivity index (χ4n) is 1.62. The zero-order valence-electron chi connectivity index (χ0n) is 9.47. The standard InChI is InChI=1S/C15H11NO/c1-11-7-9-12(10-8-11)15(17)13-5-3-4-6-14(13)16-2/h3-10H,1H3. The van der Waals surface area contributed by atoms with Crippen LogP contribution in [-0.4, -0.2) is 5.78 Å². The first-order chi connectivity index (χ1) is 8.22. The highest BCUT2D eigenvalue weighted by Crippen LogP contribution is 2.21. The summed E-state index contributed by atoms with van der Waals surface area (Å²) in [6.45, 7) is 9.02. The van der Waals surface area contributed by atoms with E-state index < -0.39 is 0 Å². The SMILES string of the molecule is [C-]#[N+]c1ccccc1C(=O)c1ccc(C)cc1. The molecule has 2 heteroatoms. The number of nitrogens with zero attached hydrogens (tertiary/aromatic N) is 1. The smallest absolute Gasteiger partial charge is 0.198 e. The summed E-state index contributed by atoms with van der Waals surface area (Å²) in [5, 5.41) is 0. The van der Waals surface area contributed by atoms with Crippen LogP contribution in [0.4, 0.5) is 5.69 Å². The van der Waals surface area contributed by atoms with E-state index in [4.69, 9.17) is 6.57 Å². The molecule has 0 aromatic heterocycles. The van der Waals surface area contributed by atoms with Crippen molar-refractivity contribution in [2.45, 2.75) is 6.92 Å². The lowest BCUT2D eigenvalue weighted by molar-refractivity contribution is 0.103. The third-order valence-electron chi connectivity index (χ3n) is 2.58. The average molecular weight is 221 g/mol. The van der Waals surface area contributed by atoms with Gasteiger partial charge in [0.1, 0.15) is 0 Å². The van der Waals surface area contributed by atoms with Crippen molar-refractivity contribution in [2.75, 3.05) is 0 Å². The van der Waals surface area contributed by atoms with Crippen LogP contribution in [0.15, 0.2) is 48.5 Å². The molecule has 0 amide bonds. The molecule has 0 saturated heterocycles. The molecular weight excluding hydrogens is 210 g/mol. The van der Waals surface area contributed by atoms with Gasteiger partial charge in [0, 0.05) is 11.1 Å². The number of carbonyl (C=O) groups excluding carboxylic acids is 1. The third kappa shape index (κ3) is 2.24. The van der Waals surface area contributed by atoms with Crippen molar-refractivity contribution >= 4 is 11.5 Å². The molecule has 0 fully saturated rings. The molecule has 0 aliphatic carbocycles. The van der Waals surface area contributed by atoms with E-state index in [1.165, 1.54) is 0 Å². The van der Waals surface area contributed by atoms with Gasteiger partial charge in [0.25, 0.3) is 0 Å². The van der Waals surface area contributed by atoms with E-state index in [1.807, 2.05) is 19.1 Å². The van der Waals surface area contributed by atoms with Crippen LogP contribution in [0.25, 0.3) is 4.85 Å². The normalized spacial score (nSPS) is 9.65. The van der Waals surface area contributed by atoms with Gasteiger partial charge in [-0.3, -0.25) is 4.79 Å². The van der Waals surface area contributed by atoms with E-state index in [0.717, 1.165) is 5.56 Å². The first-order valence-corrected chi connectivity index (χ1v) is 5.30. The van der Waals surface area contributed by atoms with E-state index in [1.54, 1.807) is 36.4 Å². The van der Waals surface area contributed by atoms with Crippen molar-refractivity contribution in [3.8, 4) is 0 Å². The quantitative estimate of drug-likeness (QED) is 0.558. The second-order valence-electron chi connectivity index (χ2n) is 3.82. The summed E-state index contributed by atoms with van der Waals surface area (Å²) in [5.74, 6) is -0.100. The average Bonchev–Trinajstić information content (AvgIpc) is 2.39. The van der Waals surface area contributed by atoms with Crippen molar-refractivity contribution in [2.24, 2.45) is 0 Å². The minimum absolute atomic E-state index is 0.100. The van der Waals surface area contributed by atoms with Crippen LogP contribution in [0, 0.1) is 13.5 Å². The summed E-state index contributed by atoms with van der Waals surface area (Å²) >= 11 is 0. The highest BCUT2D eigenvalue weighted by molar-refractivity contribution is 6.12. The maximum Gasteiger partial charge on any atom is 0.198 e. The molecule has 0 unspecified atom stereocenters. The lowest BCUT2D eigenvalue weighted by atomic mass is 10.0. The maximum atomic E-state index is 12.2. The highest BCUT2D eigenvalue weighted by Gasteiger charge is 2.12. The van der Waals surface area contributed by atoms with Gasteiger partial charge in [-0.05, 0) is 6.92 Å². The van der Waals surface area contributed by atoms with Crippen molar-refractivity contribution in [3.63, 3.8) is 0 Å². The van der Waals surface area contributed by atoms with Crippen LogP contribution < -0.4 is 0 Å². The number of carbonyl (C=O) groups is 1. The summed E-state index contributed by atoms with van der Waals surface area (Å²) in [6.07, 6.45) is 0. The Bertz CT molecular complexity index is 591. The number of benzene rings is 2. The largest absolute Gasteiger partial charge is 0.290 e. The van der Waals surface area contributed by atoms with Crippen LogP contribution in [0.2, 0.25) is 0 Å². The first kappa shape index (κ1) is 11.1. The number of ketones is 1. The molecule has 2 rings (SSSR count). The van der Waals surface area contributed by atoms with Crippen molar-refractivity contribution in [1.82, 2.24) is 0 Å². The summed E-state index contributed by atoms with van der Waals surface area (Å²) in [7, 11) is 0. The highest BCUT2D eigenvalue weighted by atomic mass is 16.1. The minimum Gasteiger partial charge on any atom is -0.290 e. The van der Waals surface area contributed by atoms with Gasteiger partial charge >= 0.3 is 0 Å². The topological polar surface area (TPSA) is 21.4 Å². The first-order valence-electron chi connectivity index (χ1n) is 5.30. The van der Waals surface area contributed by atoms with Crippen molar-refractivity contribution in [3.05, 3.63) is 76.6 Å². The van der Waals surface area contributed by atoms with E-state index in [9.17, 15) is 4.79 Å². The van der Waals surface area contributed by atoms with Crippen molar-refractivity contribution < 1.29 is 4.79 Å². The van der Waals surface area contributed by atoms with Gasteiger partial charge in [0.05, 0.1) is 6.57 Å². The lowest BCUT2D eigenvalue weighted by Gasteiger charge is -2.03. The zero-order chi connectivity index (χ0) is 12.3. The Balaban J connectivity index is 2.44. The van der Waals surface area contributed by atoms with Crippen LogP contribution >= 0.6 is 0 Å². The monoisotopic (exact) mass is 221 g/mol. The van der Waals surface area contributed by atoms with Gasteiger partial charge in [-0.25, -0.2) is 4.85 Å². The zero-order valence-corrected chi connectivity index (χ0v) is 9.47. The molecule has 0 aliphatic heterocycles. The Morgan fingerprint density at radius 3 is 2.35 bits per heavy atom. The lowest BCUT2D eigenvalue weighted by Crippen LogP contribution is -2.01. The van der Waals surface area contributed by atoms with E-state index in [2.05, 4.69) is 4.85 Å². The summed E-state index contributed by atoms with van der Waals surface area (Å²) in [5.41, 5.74) is 2.59. The fourth-order valence-corrected chi connectivity index (χ4v) is 1.62. The Hall–Kier alpha value is -2.40.